The van der Waals surface area contributed by atoms with Gasteiger partial charge in [-0.3, -0.25) is 4.79 Å². The molecule has 0 spiro atoms. The Labute approximate surface area is 166 Å². The molecule has 0 bridgehead atoms. The van der Waals surface area contributed by atoms with E-state index in [-0.39, 0.29) is 11.2 Å². The van der Waals surface area contributed by atoms with E-state index in [9.17, 15) is 4.79 Å². The van der Waals surface area contributed by atoms with Gasteiger partial charge in [-0.25, -0.2) is 4.68 Å². The maximum atomic E-state index is 12.9. The van der Waals surface area contributed by atoms with E-state index < -0.39 is 0 Å². The van der Waals surface area contributed by atoms with Gasteiger partial charge >= 0.3 is 0 Å². The van der Waals surface area contributed by atoms with Gasteiger partial charge in [0.15, 0.2) is 5.82 Å². The molecule has 0 radical (unpaired) electrons. The Morgan fingerprint density at radius 3 is 2.85 bits per heavy atom. The monoisotopic (exact) mass is 399 g/mol. The van der Waals surface area contributed by atoms with Gasteiger partial charge in [0.1, 0.15) is 0 Å². The fourth-order valence-electron chi connectivity index (χ4n) is 3.18. The van der Waals surface area contributed by atoms with Crippen LogP contribution >= 0.6 is 23.4 Å². The van der Waals surface area contributed by atoms with Gasteiger partial charge in [-0.15, -0.1) is 10.2 Å². The summed E-state index contributed by atoms with van der Waals surface area (Å²) < 4.78 is 1.40. The molecule has 0 fully saturated rings. The van der Waals surface area contributed by atoms with Crippen molar-refractivity contribution in [2.24, 2.45) is 0 Å². The minimum absolute atomic E-state index is 0.0391. The molecule has 1 aliphatic rings. The third-order valence-corrected chi connectivity index (χ3v) is 5.81. The van der Waals surface area contributed by atoms with Crippen LogP contribution in [0.1, 0.15) is 12.5 Å². The van der Waals surface area contributed by atoms with E-state index in [0.29, 0.717) is 22.5 Å². The normalized spacial score (nSPS) is 14.2. The third kappa shape index (κ3) is 3.40. The van der Waals surface area contributed by atoms with Crippen LogP contribution < -0.4 is 10.7 Å². The highest BCUT2D eigenvalue weighted by Gasteiger charge is 2.29. The Balaban J connectivity index is 1.52. The van der Waals surface area contributed by atoms with Crippen molar-refractivity contribution in [3.63, 3.8) is 0 Å². The molecule has 0 unspecified atom stereocenters. The van der Waals surface area contributed by atoms with E-state index in [1.807, 2.05) is 42.2 Å². The summed E-state index contributed by atoms with van der Waals surface area (Å²) >= 11 is 7.34. The highest BCUT2D eigenvalue weighted by Crippen LogP contribution is 2.31. The van der Waals surface area contributed by atoms with E-state index in [4.69, 9.17) is 17.4 Å². The van der Waals surface area contributed by atoms with Gasteiger partial charge in [-0.1, -0.05) is 53.7 Å². The lowest BCUT2D eigenvalue weighted by Crippen LogP contribution is -2.35. The van der Waals surface area contributed by atoms with Crippen LogP contribution in [0.3, 0.4) is 0 Å². The summed E-state index contributed by atoms with van der Waals surface area (Å²) in [6, 6.07) is 15.3. The first-order valence-corrected chi connectivity index (χ1v) is 9.82. The topological polar surface area (TPSA) is 77.0 Å². The Morgan fingerprint density at radius 2 is 2.04 bits per heavy atom. The molecular weight excluding hydrogens is 382 g/mol. The second kappa shape index (κ2) is 7.25. The standard InChI is InChI=1S/C19H18ClN5OS/c1-12(18(26)24-10-9-13-5-2-3-8-16(13)24)27-19-23-22-17(25(19)21)14-6-4-7-15(20)11-14/h2-8,11-12H,9-10,21H2,1H3/t12-/m1/s1. The minimum Gasteiger partial charge on any atom is -0.335 e. The molecule has 138 valence electrons. The van der Waals surface area contributed by atoms with Gasteiger partial charge in [-0.2, -0.15) is 0 Å². The number of nitrogens with zero attached hydrogens (tertiary/aromatic N) is 4. The van der Waals surface area contributed by atoms with Gasteiger partial charge in [0, 0.05) is 22.8 Å². The van der Waals surface area contributed by atoms with Crippen molar-refractivity contribution in [1.29, 1.82) is 0 Å². The molecule has 6 nitrogen and oxygen atoms in total. The van der Waals surface area contributed by atoms with Crippen LogP contribution in [-0.4, -0.2) is 32.6 Å². The summed E-state index contributed by atoms with van der Waals surface area (Å²) in [5.41, 5.74) is 2.97. The van der Waals surface area contributed by atoms with Crippen molar-refractivity contribution >= 4 is 35.0 Å². The fraction of sp³-hybridized carbons (Fsp3) is 0.211. The van der Waals surface area contributed by atoms with Gasteiger partial charge in [-0.05, 0) is 37.1 Å². The molecule has 3 aromatic rings. The van der Waals surface area contributed by atoms with Crippen LogP contribution in [0.4, 0.5) is 5.69 Å². The Bertz CT molecular complexity index is 1010. The molecule has 0 saturated carbocycles. The summed E-state index contributed by atoms with van der Waals surface area (Å²) in [6.07, 6.45) is 0.880. The maximum Gasteiger partial charge on any atom is 0.240 e. The molecular formula is C19H18ClN5OS. The first-order chi connectivity index (χ1) is 13.0. The fourth-order valence-corrected chi connectivity index (χ4v) is 4.20. The van der Waals surface area contributed by atoms with Crippen LogP contribution in [-0.2, 0) is 11.2 Å². The van der Waals surface area contributed by atoms with Gasteiger partial charge in [0.05, 0.1) is 5.25 Å². The number of amides is 1. The van der Waals surface area contributed by atoms with Crippen molar-refractivity contribution in [3.8, 4) is 11.4 Å². The number of hydrogen-bond acceptors (Lipinski definition) is 5. The Hall–Kier alpha value is -2.51. The maximum absolute atomic E-state index is 12.9. The Morgan fingerprint density at radius 1 is 1.22 bits per heavy atom. The zero-order valence-corrected chi connectivity index (χ0v) is 16.2. The van der Waals surface area contributed by atoms with Gasteiger partial charge in [0.2, 0.25) is 11.1 Å². The number of carbonyl (C=O) groups is 1. The number of carbonyl (C=O) groups excluding carboxylic acids is 1. The number of benzene rings is 2. The third-order valence-electron chi connectivity index (χ3n) is 4.53. The molecule has 2 heterocycles. The lowest BCUT2D eigenvalue weighted by Gasteiger charge is -2.21. The molecule has 8 heteroatoms. The molecule has 1 atom stereocenters. The lowest BCUT2D eigenvalue weighted by atomic mass is 10.2. The van der Waals surface area contributed by atoms with Crippen molar-refractivity contribution in [2.75, 3.05) is 17.3 Å². The first-order valence-electron chi connectivity index (χ1n) is 8.57. The zero-order valence-electron chi connectivity index (χ0n) is 14.7. The molecule has 1 aliphatic heterocycles. The van der Waals surface area contributed by atoms with Crippen molar-refractivity contribution in [1.82, 2.24) is 14.9 Å². The highest BCUT2D eigenvalue weighted by atomic mass is 35.5. The van der Waals surface area contributed by atoms with Crippen LogP contribution in [0.2, 0.25) is 5.02 Å². The van der Waals surface area contributed by atoms with Gasteiger partial charge in [0.25, 0.3) is 0 Å². The van der Waals surface area contributed by atoms with E-state index in [2.05, 4.69) is 16.3 Å². The predicted octanol–water partition coefficient (Wildman–Crippen LogP) is 3.38. The summed E-state index contributed by atoms with van der Waals surface area (Å²) in [7, 11) is 0. The average Bonchev–Trinajstić information content (AvgIpc) is 3.25. The molecule has 4 rings (SSSR count). The number of fused-ring (bicyclic) bond motifs is 1. The number of nitrogen functional groups attached to an aromatic ring is 1. The van der Waals surface area contributed by atoms with Crippen molar-refractivity contribution in [2.45, 2.75) is 23.8 Å². The van der Waals surface area contributed by atoms with E-state index in [0.717, 1.165) is 17.7 Å². The second-order valence-electron chi connectivity index (χ2n) is 6.32. The summed E-state index contributed by atoms with van der Waals surface area (Å²) in [4.78, 5) is 14.8. The minimum atomic E-state index is -0.338. The van der Waals surface area contributed by atoms with Crippen molar-refractivity contribution in [3.05, 3.63) is 59.1 Å². The number of hydrogen-bond donors (Lipinski definition) is 1. The molecule has 0 aliphatic carbocycles. The Kier molecular flexibility index (Phi) is 4.80. The van der Waals surface area contributed by atoms with Crippen LogP contribution in [0.15, 0.2) is 53.7 Å². The average molecular weight is 400 g/mol. The number of halogens is 1. The number of rotatable bonds is 4. The summed E-state index contributed by atoms with van der Waals surface area (Å²) in [6.45, 7) is 2.56. The molecule has 2 aromatic carbocycles. The molecule has 0 saturated heterocycles. The second-order valence-corrected chi connectivity index (χ2v) is 8.06. The largest absolute Gasteiger partial charge is 0.335 e. The molecule has 27 heavy (non-hydrogen) atoms. The molecule has 2 N–H and O–H groups in total. The quantitative estimate of drug-likeness (QED) is 0.537. The summed E-state index contributed by atoms with van der Waals surface area (Å²) in [5, 5.41) is 9.05. The number of thioether (sulfide) groups is 1. The van der Waals surface area contributed by atoms with E-state index in [1.54, 1.807) is 12.1 Å². The van der Waals surface area contributed by atoms with E-state index in [1.165, 1.54) is 22.0 Å². The predicted molar refractivity (Wildman–Crippen MR) is 108 cm³/mol. The number of nitrogens with two attached hydrogens (primary N) is 1. The van der Waals surface area contributed by atoms with Crippen LogP contribution in [0, 0.1) is 0 Å². The van der Waals surface area contributed by atoms with Gasteiger partial charge < -0.3 is 10.7 Å². The number of anilines is 1. The smallest absolute Gasteiger partial charge is 0.240 e. The molecule has 1 amide bonds. The summed E-state index contributed by atoms with van der Waals surface area (Å²) in [5.74, 6) is 6.71. The van der Waals surface area contributed by atoms with Crippen LogP contribution in [0.25, 0.3) is 11.4 Å². The molecule has 1 aromatic heterocycles. The zero-order chi connectivity index (χ0) is 19.0. The first kappa shape index (κ1) is 17.9. The lowest BCUT2D eigenvalue weighted by molar-refractivity contribution is -0.117. The number of para-hydroxylation sites is 1. The van der Waals surface area contributed by atoms with Crippen LogP contribution in [0.5, 0.6) is 0 Å². The van der Waals surface area contributed by atoms with Crippen molar-refractivity contribution < 1.29 is 4.79 Å². The SMILES string of the molecule is C[C@@H](Sc1nnc(-c2cccc(Cl)c2)n1N)C(=O)N1CCc2ccccc21. The van der Waals surface area contributed by atoms with E-state index >= 15 is 0 Å². The number of aromatic nitrogens is 3. The highest BCUT2D eigenvalue weighted by molar-refractivity contribution is 8.00.